The van der Waals surface area contributed by atoms with Gasteiger partial charge in [0.15, 0.2) is 0 Å². The molecule has 3 nitrogen and oxygen atoms in total. The van der Waals surface area contributed by atoms with E-state index in [1.807, 2.05) is 71.3 Å². The zero-order chi connectivity index (χ0) is 22.6. The predicted molar refractivity (Wildman–Crippen MR) is 141 cm³/mol. The average molecular weight is 437 g/mol. The molecule has 0 unspecified atom stereocenters. The molecule has 7 aromatic rings. The van der Waals surface area contributed by atoms with Gasteiger partial charge in [0.1, 0.15) is 0 Å². The Morgan fingerprint density at radius 1 is 0.412 bits per heavy atom. The average Bonchev–Trinajstić information content (AvgIpc) is 3.24. The summed E-state index contributed by atoms with van der Waals surface area (Å²) in [6.45, 7) is 0. The zero-order valence-electron chi connectivity index (χ0n) is 18.3. The van der Waals surface area contributed by atoms with E-state index < -0.39 is 0 Å². The highest BCUT2D eigenvalue weighted by Crippen LogP contribution is 2.37. The molecular formula is C31H20N2O. The Balaban J connectivity index is 1.80. The van der Waals surface area contributed by atoms with Crippen molar-refractivity contribution in [2.24, 2.45) is 0 Å². The van der Waals surface area contributed by atoms with E-state index in [0.29, 0.717) is 0 Å². The van der Waals surface area contributed by atoms with Crippen LogP contribution in [-0.4, -0.2) is 9.13 Å². The lowest BCUT2D eigenvalue weighted by Crippen LogP contribution is -2.20. The molecule has 0 aliphatic carbocycles. The molecule has 160 valence electrons. The van der Waals surface area contributed by atoms with E-state index in [1.165, 1.54) is 0 Å². The van der Waals surface area contributed by atoms with Crippen molar-refractivity contribution in [2.45, 2.75) is 0 Å². The number of aromatic nitrogens is 2. The molecule has 0 fully saturated rings. The molecule has 0 saturated carbocycles. The van der Waals surface area contributed by atoms with Crippen LogP contribution in [0.15, 0.2) is 126 Å². The van der Waals surface area contributed by atoms with Gasteiger partial charge in [-0.05, 0) is 41.8 Å². The van der Waals surface area contributed by atoms with Gasteiger partial charge in [-0.15, -0.1) is 0 Å². The Morgan fingerprint density at radius 2 is 0.882 bits per heavy atom. The molecule has 0 aliphatic heterocycles. The third-order valence-corrected chi connectivity index (χ3v) is 6.72. The molecule has 5 aromatic carbocycles. The maximum Gasteiger partial charge on any atom is 0.265 e. The fourth-order valence-electron chi connectivity index (χ4n) is 5.29. The predicted octanol–water partition coefficient (Wildman–Crippen LogP) is 7.24. The van der Waals surface area contributed by atoms with Crippen LogP contribution in [0.25, 0.3) is 54.9 Å². The third-order valence-electron chi connectivity index (χ3n) is 6.72. The second-order valence-electron chi connectivity index (χ2n) is 8.57. The largest absolute Gasteiger partial charge is 0.308 e. The van der Waals surface area contributed by atoms with Crippen LogP contribution in [0.1, 0.15) is 0 Å². The van der Waals surface area contributed by atoms with Gasteiger partial charge in [-0.3, -0.25) is 9.36 Å². The minimum absolute atomic E-state index is 0.00881. The van der Waals surface area contributed by atoms with Gasteiger partial charge in [-0.25, -0.2) is 0 Å². The summed E-state index contributed by atoms with van der Waals surface area (Å²) in [7, 11) is 0. The minimum atomic E-state index is -0.00881. The lowest BCUT2D eigenvalue weighted by atomic mass is 10.0. The molecule has 34 heavy (non-hydrogen) atoms. The van der Waals surface area contributed by atoms with E-state index in [2.05, 4.69) is 59.2 Å². The second kappa shape index (κ2) is 7.19. The number of para-hydroxylation sites is 4. The van der Waals surface area contributed by atoms with E-state index >= 15 is 0 Å². The smallest absolute Gasteiger partial charge is 0.265 e. The summed E-state index contributed by atoms with van der Waals surface area (Å²) in [5, 5.41) is 4.99. The maximum absolute atomic E-state index is 14.4. The first-order chi connectivity index (χ1) is 16.8. The Bertz CT molecular complexity index is 1910. The first-order valence-electron chi connectivity index (χ1n) is 11.4. The van der Waals surface area contributed by atoms with Crippen LogP contribution in [0.3, 0.4) is 0 Å². The lowest BCUT2D eigenvalue weighted by Gasteiger charge is -2.15. The molecule has 0 amide bonds. The van der Waals surface area contributed by atoms with Crippen LogP contribution in [0.2, 0.25) is 0 Å². The van der Waals surface area contributed by atoms with Gasteiger partial charge < -0.3 is 4.57 Å². The maximum atomic E-state index is 14.4. The summed E-state index contributed by atoms with van der Waals surface area (Å²) in [4.78, 5) is 14.4. The quantitative estimate of drug-likeness (QED) is 0.262. The van der Waals surface area contributed by atoms with Gasteiger partial charge in [0.2, 0.25) is 0 Å². The first-order valence-corrected chi connectivity index (χ1v) is 11.4. The van der Waals surface area contributed by atoms with Crippen molar-refractivity contribution in [3.63, 3.8) is 0 Å². The van der Waals surface area contributed by atoms with E-state index in [0.717, 1.165) is 54.9 Å². The second-order valence-corrected chi connectivity index (χ2v) is 8.57. The van der Waals surface area contributed by atoms with Crippen LogP contribution in [0.4, 0.5) is 0 Å². The molecule has 0 atom stereocenters. The molecule has 2 heterocycles. The van der Waals surface area contributed by atoms with E-state index in [4.69, 9.17) is 0 Å². The van der Waals surface area contributed by atoms with Crippen LogP contribution in [0.5, 0.6) is 0 Å². The molecule has 0 radical (unpaired) electrons. The summed E-state index contributed by atoms with van der Waals surface area (Å²) in [5.74, 6) is 0. The van der Waals surface area contributed by atoms with Crippen LogP contribution in [-0.2, 0) is 0 Å². The van der Waals surface area contributed by atoms with Crippen LogP contribution in [0, 0.1) is 0 Å². The van der Waals surface area contributed by atoms with Crippen molar-refractivity contribution in [1.29, 1.82) is 0 Å². The standard InChI is InChI=1S/C31H20N2O/c34-31-29-25(23-15-7-10-18-28(23)33(31)22-13-5-2-6-14-22)19-20-26-24-16-8-9-17-27(24)32(30(26)29)21-11-3-1-4-12-21/h1-20H. The number of nitrogens with zero attached hydrogens (tertiary/aromatic N) is 2. The van der Waals surface area contributed by atoms with Crippen molar-refractivity contribution >= 4 is 43.5 Å². The summed E-state index contributed by atoms with van der Waals surface area (Å²) in [5.41, 5.74) is 4.85. The van der Waals surface area contributed by atoms with E-state index in [9.17, 15) is 4.79 Å². The molecular weight excluding hydrogens is 416 g/mol. The monoisotopic (exact) mass is 436 g/mol. The topological polar surface area (TPSA) is 26.9 Å². The van der Waals surface area contributed by atoms with E-state index in [-0.39, 0.29) is 5.56 Å². The van der Waals surface area contributed by atoms with Crippen LogP contribution >= 0.6 is 0 Å². The Morgan fingerprint density at radius 3 is 1.53 bits per heavy atom. The molecule has 2 aromatic heterocycles. The van der Waals surface area contributed by atoms with Crippen molar-refractivity contribution in [1.82, 2.24) is 9.13 Å². The van der Waals surface area contributed by atoms with Gasteiger partial charge in [0.05, 0.1) is 21.9 Å². The molecule has 0 N–H and O–H groups in total. The highest BCUT2D eigenvalue weighted by Gasteiger charge is 2.20. The number of pyridine rings is 1. The molecule has 7 rings (SSSR count). The molecule has 0 spiro atoms. The normalized spacial score (nSPS) is 11.6. The summed E-state index contributed by atoms with van der Waals surface area (Å²) < 4.78 is 4.09. The lowest BCUT2D eigenvalue weighted by molar-refractivity contribution is 1.06. The van der Waals surface area contributed by atoms with Gasteiger partial charge in [0, 0.05) is 27.5 Å². The minimum Gasteiger partial charge on any atom is -0.308 e. The van der Waals surface area contributed by atoms with Gasteiger partial charge in [-0.2, -0.15) is 0 Å². The van der Waals surface area contributed by atoms with Gasteiger partial charge in [-0.1, -0.05) is 84.9 Å². The zero-order valence-corrected chi connectivity index (χ0v) is 18.3. The SMILES string of the molecule is O=c1c2c(ccc3c4ccccc4n(-c4ccccc4)c32)c2ccccc2n1-c1ccccc1. The first kappa shape index (κ1) is 18.9. The summed E-state index contributed by atoms with van der Waals surface area (Å²) >= 11 is 0. The van der Waals surface area contributed by atoms with Crippen molar-refractivity contribution in [3.05, 3.63) is 132 Å². The van der Waals surface area contributed by atoms with Gasteiger partial charge >= 0.3 is 0 Å². The molecule has 0 saturated heterocycles. The molecule has 3 heteroatoms. The van der Waals surface area contributed by atoms with Crippen molar-refractivity contribution in [3.8, 4) is 11.4 Å². The third kappa shape index (κ3) is 2.55. The summed E-state index contributed by atoms with van der Waals surface area (Å²) in [6.07, 6.45) is 0. The van der Waals surface area contributed by atoms with Crippen LogP contribution < -0.4 is 5.56 Å². The van der Waals surface area contributed by atoms with Crippen molar-refractivity contribution in [2.75, 3.05) is 0 Å². The van der Waals surface area contributed by atoms with Gasteiger partial charge in [0.25, 0.3) is 5.56 Å². The highest BCUT2D eigenvalue weighted by molar-refractivity contribution is 6.22. The molecule has 0 bridgehead atoms. The number of hydrogen-bond acceptors (Lipinski definition) is 1. The Labute approximate surface area is 195 Å². The number of hydrogen-bond donors (Lipinski definition) is 0. The summed E-state index contributed by atoms with van der Waals surface area (Å²) in [6, 6.07) is 41.0. The fraction of sp³-hybridized carbons (Fsp3) is 0. The number of fused-ring (bicyclic) bond motifs is 7. The number of rotatable bonds is 2. The number of benzene rings is 5. The van der Waals surface area contributed by atoms with Crippen molar-refractivity contribution < 1.29 is 0 Å². The Kier molecular flexibility index (Phi) is 4.00. The Hall–Kier alpha value is -4.63. The fourth-order valence-corrected chi connectivity index (χ4v) is 5.29. The molecule has 0 aliphatic rings. The van der Waals surface area contributed by atoms with E-state index in [1.54, 1.807) is 0 Å². The highest BCUT2D eigenvalue weighted by atomic mass is 16.1.